The summed E-state index contributed by atoms with van der Waals surface area (Å²) in [5, 5.41) is 3.41. The second kappa shape index (κ2) is 7.60. The Morgan fingerprint density at radius 2 is 2.00 bits per heavy atom. The Labute approximate surface area is 120 Å². The zero-order valence-electron chi connectivity index (χ0n) is 12.1. The molecule has 106 valence electrons. The Hall–Kier alpha value is -1.94. The Balaban J connectivity index is 2.02. The van der Waals surface area contributed by atoms with Crippen LogP contribution in [0.4, 0.5) is 0 Å². The van der Waals surface area contributed by atoms with Crippen molar-refractivity contribution >= 4 is 0 Å². The molecule has 4 heteroatoms. The maximum atomic E-state index is 5.84. The van der Waals surface area contributed by atoms with Crippen LogP contribution in [0.5, 0.6) is 5.75 Å². The van der Waals surface area contributed by atoms with Crippen molar-refractivity contribution < 1.29 is 4.74 Å². The number of ether oxygens (including phenoxy) is 1. The molecule has 1 aromatic carbocycles. The summed E-state index contributed by atoms with van der Waals surface area (Å²) in [5.41, 5.74) is 2.41. The van der Waals surface area contributed by atoms with E-state index in [4.69, 9.17) is 4.74 Å². The monoisotopic (exact) mass is 271 g/mol. The third kappa shape index (κ3) is 4.31. The van der Waals surface area contributed by atoms with Crippen molar-refractivity contribution in [2.75, 3.05) is 6.54 Å². The number of nitrogens with zero attached hydrogens (tertiary/aromatic N) is 2. The van der Waals surface area contributed by atoms with Crippen LogP contribution in [-0.4, -0.2) is 16.5 Å². The van der Waals surface area contributed by atoms with Gasteiger partial charge < -0.3 is 10.1 Å². The predicted molar refractivity (Wildman–Crippen MR) is 79.5 cm³/mol. The fourth-order valence-corrected chi connectivity index (χ4v) is 1.93. The number of aromatic nitrogens is 2. The first-order valence-corrected chi connectivity index (χ1v) is 6.98. The Kier molecular flexibility index (Phi) is 5.50. The summed E-state index contributed by atoms with van der Waals surface area (Å²) in [5.74, 6) is 1.59. The number of hydrogen-bond donors (Lipinski definition) is 1. The van der Waals surface area contributed by atoms with Crippen LogP contribution in [0.15, 0.2) is 36.7 Å². The Morgan fingerprint density at radius 1 is 1.20 bits per heavy atom. The van der Waals surface area contributed by atoms with E-state index in [1.807, 2.05) is 6.07 Å². The molecule has 0 aliphatic carbocycles. The molecule has 0 aliphatic heterocycles. The van der Waals surface area contributed by atoms with Crippen molar-refractivity contribution in [1.29, 1.82) is 0 Å². The highest BCUT2D eigenvalue weighted by Gasteiger charge is 2.05. The first kappa shape index (κ1) is 14.5. The molecular weight excluding hydrogens is 250 g/mol. The molecule has 0 unspecified atom stereocenters. The molecule has 0 bridgehead atoms. The molecule has 0 saturated carbocycles. The van der Waals surface area contributed by atoms with E-state index in [1.165, 1.54) is 11.1 Å². The third-order valence-corrected chi connectivity index (χ3v) is 2.93. The predicted octanol–water partition coefficient (Wildman–Crippen LogP) is 2.86. The minimum Gasteiger partial charge on any atom is -0.485 e. The van der Waals surface area contributed by atoms with Gasteiger partial charge in [0.05, 0.1) is 0 Å². The fraction of sp³-hybridized carbons (Fsp3) is 0.375. The average Bonchev–Trinajstić information content (AvgIpc) is 2.48. The van der Waals surface area contributed by atoms with E-state index in [-0.39, 0.29) is 0 Å². The van der Waals surface area contributed by atoms with Crippen molar-refractivity contribution in [1.82, 2.24) is 15.3 Å². The highest BCUT2D eigenvalue weighted by molar-refractivity contribution is 5.36. The number of benzene rings is 1. The molecule has 0 amide bonds. The first-order valence-electron chi connectivity index (χ1n) is 6.98. The van der Waals surface area contributed by atoms with Gasteiger partial charge in [0.15, 0.2) is 5.82 Å². The summed E-state index contributed by atoms with van der Waals surface area (Å²) >= 11 is 0. The smallest absolute Gasteiger partial charge is 0.166 e. The summed E-state index contributed by atoms with van der Waals surface area (Å²) < 4.78 is 5.84. The van der Waals surface area contributed by atoms with E-state index in [0.717, 1.165) is 25.3 Å². The molecule has 4 nitrogen and oxygen atoms in total. The van der Waals surface area contributed by atoms with E-state index >= 15 is 0 Å². The second-order valence-corrected chi connectivity index (χ2v) is 4.74. The standard InChI is InChI=1S/C16H21N3O/c1-3-7-17-11-14-10-13(2)5-6-15(14)20-12-16-18-8-4-9-19-16/h4-6,8-10,17H,3,7,11-12H2,1-2H3. The quantitative estimate of drug-likeness (QED) is 0.787. The van der Waals surface area contributed by atoms with Gasteiger partial charge in [0.25, 0.3) is 0 Å². The van der Waals surface area contributed by atoms with Crippen LogP contribution in [0.25, 0.3) is 0 Å². The molecule has 0 atom stereocenters. The van der Waals surface area contributed by atoms with Crippen molar-refractivity contribution in [3.05, 3.63) is 53.6 Å². The second-order valence-electron chi connectivity index (χ2n) is 4.74. The van der Waals surface area contributed by atoms with Gasteiger partial charge >= 0.3 is 0 Å². The normalized spacial score (nSPS) is 10.5. The van der Waals surface area contributed by atoms with Crippen LogP contribution < -0.4 is 10.1 Å². The molecule has 2 rings (SSSR count). The zero-order valence-corrected chi connectivity index (χ0v) is 12.1. The average molecular weight is 271 g/mol. The first-order chi connectivity index (χ1) is 9.79. The van der Waals surface area contributed by atoms with Gasteiger partial charge in [-0.05, 0) is 32.0 Å². The molecule has 20 heavy (non-hydrogen) atoms. The minimum absolute atomic E-state index is 0.394. The molecule has 0 spiro atoms. The van der Waals surface area contributed by atoms with Gasteiger partial charge in [0, 0.05) is 24.5 Å². The van der Waals surface area contributed by atoms with Crippen molar-refractivity contribution in [3.8, 4) is 5.75 Å². The minimum atomic E-state index is 0.394. The molecule has 0 fully saturated rings. The van der Waals surface area contributed by atoms with Gasteiger partial charge in [-0.3, -0.25) is 0 Å². The van der Waals surface area contributed by atoms with Crippen molar-refractivity contribution in [2.45, 2.75) is 33.4 Å². The summed E-state index contributed by atoms with van der Waals surface area (Å²) in [6, 6.07) is 8.03. The lowest BCUT2D eigenvalue weighted by Gasteiger charge is -2.12. The number of hydrogen-bond acceptors (Lipinski definition) is 4. The highest BCUT2D eigenvalue weighted by atomic mass is 16.5. The van der Waals surface area contributed by atoms with Crippen LogP contribution in [0, 0.1) is 6.92 Å². The molecule has 0 radical (unpaired) electrons. The van der Waals surface area contributed by atoms with Gasteiger partial charge in [-0.1, -0.05) is 24.6 Å². The van der Waals surface area contributed by atoms with Crippen LogP contribution in [0.1, 0.15) is 30.3 Å². The van der Waals surface area contributed by atoms with Crippen LogP contribution in [0.3, 0.4) is 0 Å². The third-order valence-electron chi connectivity index (χ3n) is 2.93. The lowest BCUT2D eigenvalue weighted by atomic mass is 10.1. The van der Waals surface area contributed by atoms with E-state index in [0.29, 0.717) is 12.4 Å². The van der Waals surface area contributed by atoms with E-state index in [1.54, 1.807) is 18.5 Å². The van der Waals surface area contributed by atoms with Crippen molar-refractivity contribution in [3.63, 3.8) is 0 Å². The van der Waals surface area contributed by atoms with E-state index in [9.17, 15) is 0 Å². The largest absolute Gasteiger partial charge is 0.485 e. The van der Waals surface area contributed by atoms with Crippen LogP contribution >= 0.6 is 0 Å². The summed E-state index contributed by atoms with van der Waals surface area (Å²) in [7, 11) is 0. The van der Waals surface area contributed by atoms with E-state index in [2.05, 4.69) is 41.3 Å². The highest BCUT2D eigenvalue weighted by Crippen LogP contribution is 2.20. The molecule has 2 aromatic rings. The molecule has 1 aromatic heterocycles. The number of aryl methyl sites for hydroxylation is 1. The molecule has 1 heterocycles. The maximum Gasteiger partial charge on any atom is 0.166 e. The fourth-order valence-electron chi connectivity index (χ4n) is 1.93. The van der Waals surface area contributed by atoms with Gasteiger partial charge in [-0.15, -0.1) is 0 Å². The van der Waals surface area contributed by atoms with Crippen LogP contribution in [0.2, 0.25) is 0 Å². The van der Waals surface area contributed by atoms with Gasteiger partial charge in [0.2, 0.25) is 0 Å². The summed E-state index contributed by atoms with van der Waals surface area (Å²) in [6.45, 7) is 6.47. The molecular formula is C16H21N3O. The molecule has 1 N–H and O–H groups in total. The van der Waals surface area contributed by atoms with Gasteiger partial charge in [0.1, 0.15) is 12.4 Å². The number of rotatable bonds is 7. The lowest BCUT2D eigenvalue weighted by Crippen LogP contribution is -2.15. The van der Waals surface area contributed by atoms with Crippen LogP contribution in [-0.2, 0) is 13.2 Å². The zero-order chi connectivity index (χ0) is 14.2. The molecule has 0 aliphatic rings. The van der Waals surface area contributed by atoms with E-state index < -0.39 is 0 Å². The maximum absolute atomic E-state index is 5.84. The van der Waals surface area contributed by atoms with Gasteiger partial charge in [-0.25, -0.2) is 9.97 Å². The molecule has 0 saturated heterocycles. The topological polar surface area (TPSA) is 47.0 Å². The SMILES string of the molecule is CCCNCc1cc(C)ccc1OCc1ncccn1. The number of nitrogens with one attached hydrogen (secondary N) is 1. The van der Waals surface area contributed by atoms with Crippen molar-refractivity contribution in [2.24, 2.45) is 0 Å². The lowest BCUT2D eigenvalue weighted by molar-refractivity contribution is 0.292. The summed E-state index contributed by atoms with van der Waals surface area (Å²) in [6.07, 6.45) is 4.58. The Morgan fingerprint density at radius 3 is 2.75 bits per heavy atom. The Bertz CT molecular complexity index is 529. The van der Waals surface area contributed by atoms with Gasteiger partial charge in [-0.2, -0.15) is 0 Å². The summed E-state index contributed by atoms with van der Waals surface area (Å²) in [4.78, 5) is 8.33.